The smallest absolute Gasteiger partial charge is 0.252 e. The number of nitrogens with zero attached hydrogens (tertiary/aromatic N) is 4. The van der Waals surface area contributed by atoms with Crippen LogP contribution in [0, 0.1) is 22.7 Å². The number of benzene rings is 4. The molecule has 0 bridgehead atoms. The van der Waals surface area contributed by atoms with Gasteiger partial charge in [0.15, 0.2) is 18.9 Å². The summed E-state index contributed by atoms with van der Waals surface area (Å²) in [6, 6.07) is -5.22. The molecule has 0 aliphatic carbocycles. The molecule has 29 heteroatoms. The molecule has 0 amide bonds. The van der Waals surface area contributed by atoms with Crippen molar-refractivity contribution in [2.24, 2.45) is 0 Å². The van der Waals surface area contributed by atoms with Crippen LogP contribution in [0.25, 0.3) is 0 Å². The highest BCUT2D eigenvalue weighted by molar-refractivity contribution is 7.20. The van der Waals surface area contributed by atoms with Crippen LogP contribution in [0.3, 0.4) is 0 Å². The molecule has 0 saturated carbocycles. The Kier molecular flexibility index (Phi) is 15.2. The minimum atomic E-state index is -6.13. The van der Waals surface area contributed by atoms with E-state index >= 15 is 0 Å². The maximum atomic E-state index is 14.2. The van der Waals surface area contributed by atoms with Crippen molar-refractivity contribution in [2.75, 3.05) is 0 Å². The van der Waals surface area contributed by atoms with Gasteiger partial charge in [-0.1, -0.05) is 48.5 Å². The van der Waals surface area contributed by atoms with E-state index in [0.29, 0.717) is 6.54 Å². The van der Waals surface area contributed by atoms with Crippen molar-refractivity contribution < 1.29 is 110 Å². The largest absolute Gasteiger partial charge is 0.416 e. The van der Waals surface area contributed by atoms with Crippen LogP contribution >= 0.6 is 0 Å². The predicted molar refractivity (Wildman–Crippen MR) is 194 cm³/mol. The Morgan fingerprint density at radius 2 is 0.586 bits per heavy atom. The molecule has 4 aromatic carbocycles. The molecule has 0 aliphatic rings. The second-order valence-electron chi connectivity index (χ2n) is 14.5. The van der Waals surface area contributed by atoms with Crippen LogP contribution < -0.4 is 26.4 Å². The Labute approximate surface area is 375 Å². The average Bonchev–Trinajstić information content (AvgIpc) is 3.22. The van der Waals surface area contributed by atoms with Crippen LogP contribution in [-0.4, -0.2) is 11.1 Å². The number of nitriles is 2. The maximum absolute atomic E-state index is 14.2. The lowest BCUT2D eigenvalue weighted by molar-refractivity contribution is -0.687. The monoisotopic (exact) mass is 1030 g/mol. The van der Waals surface area contributed by atoms with Crippen molar-refractivity contribution in [2.45, 2.75) is 56.0 Å². The van der Waals surface area contributed by atoms with Gasteiger partial charge in [-0.25, -0.2) is 0 Å². The molecule has 0 unspecified atom stereocenters. The molecule has 0 N–H and O–H groups in total. The van der Waals surface area contributed by atoms with Gasteiger partial charge in [-0.05, 0) is 24.3 Å². The highest BCUT2D eigenvalue weighted by Crippen LogP contribution is 2.41. The van der Waals surface area contributed by atoms with E-state index in [-0.39, 0.29) is 5.57 Å². The lowest BCUT2D eigenvalue weighted by atomic mass is 9.12. The first-order chi connectivity index (χ1) is 31.6. The zero-order chi connectivity index (χ0) is 53.4. The quantitative estimate of drug-likeness (QED) is 0.0737. The first-order valence-electron chi connectivity index (χ1n) is 18.3. The van der Waals surface area contributed by atoms with Gasteiger partial charge < -0.3 is 0 Å². The molecular weight excluding hydrogens is 1020 g/mol. The van der Waals surface area contributed by atoms with Crippen LogP contribution in [0.5, 0.6) is 0 Å². The van der Waals surface area contributed by atoms with Crippen LogP contribution in [0.4, 0.5) is 105 Å². The molecule has 70 heavy (non-hydrogen) atoms. The number of hydrogen-bond acceptors (Lipinski definition) is 3. The Hall–Kier alpha value is -6.94. The van der Waals surface area contributed by atoms with Crippen molar-refractivity contribution in [3.8, 4) is 12.1 Å². The Morgan fingerprint density at radius 3 is 0.757 bits per heavy atom. The standard InChI is InChI=1S/C32H12BF24.C9H7N4/c34-25(35,36)13-1-14(26(37,38)39)6-21(5-13)33(22-7-15(27(40,41)42)2-16(8-22)28(43,44)45,23-9-17(29(46,47)48)3-18(10-23)30(49,50)51)24-11-19(31(52,53)54)4-20(12-24)32(55,56)57;10-7-9(8-11)1-4-13-5-2-12-3-6-13/h1-12H;1-3,5-6H,4H2/q-1;+1. The first kappa shape index (κ1) is 55.7. The van der Waals surface area contributed by atoms with E-state index in [1.807, 2.05) is 4.57 Å². The summed E-state index contributed by atoms with van der Waals surface area (Å²) < 4.78 is 343. The summed E-state index contributed by atoms with van der Waals surface area (Å²) in [5, 5.41) is 16.9. The van der Waals surface area contributed by atoms with Crippen molar-refractivity contribution in [3.63, 3.8) is 0 Å². The average molecular weight is 1030 g/mol. The van der Waals surface area contributed by atoms with Gasteiger partial charge in [-0.3, -0.25) is 4.98 Å². The molecule has 374 valence electrons. The summed E-state index contributed by atoms with van der Waals surface area (Å²) in [7, 11) is 0. The van der Waals surface area contributed by atoms with Crippen LogP contribution in [0.15, 0.2) is 109 Å². The number of hydrogen-bond donors (Lipinski definition) is 0. The lowest BCUT2D eigenvalue weighted by Crippen LogP contribution is -2.75. The molecule has 5 aromatic rings. The SMILES string of the molecule is FC(F)(F)c1cc([B-](c2cc(C(F)(F)F)cc(C(F)(F)F)c2)(c2cc(C(F)(F)F)cc(C(F)(F)F)c2)c2cc(C(F)(F)F)cc(C(F)(F)F)c2)cc(C(F)(F)F)c1.N#CC(C#N)=CC[n+]1ccncc1. The van der Waals surface area contributed by atoms with Crippen LogP contribution in [0.1, 0.15) is 44.5 Å². The molecule has 0 saturated heterocycles. The van der Waals surface area contributed by atoms with E-state index in [9.17, 15) is 105 Å². The minimum absolute atomic E-state index is 0.129. The number of halogens is 24. The van der Waals surface area contributed by atoms with E-state index in [1.54, 1.807) is 43.0 Å². The third-order valence-corrected chi connectivity index (χ3v) is 9.88. The molecular formula is C41H19BF24N4. The third kappa shape index (κ3) is 13.0. The van der Waals surface area contributed by atoms with Gasteiger partial charge >= 0.3 is 49.4 Å². The second-order valence-corrected chi connectivity index (χ2v) is 14.5. The molecule has 0 atom stereocenters. The van der Waals surface area contributed by atoms with Crippen molar-refractivity contribution >= 4 is 28.0 Å². The minimum Gasteiger partial charge on any atom is -0.252 e. The summed E-state index contributed by atoms with van der Waals surface area (Å²) >= 11 is 0. The van der Waals surface area contributed by atoms with Gasteiger partial charge in [-0.2, -0.15) is 142 Å². The molecule has 1 heterocycles. The third-order valence-electron chi connectivity index (χ3n) is 9.88. The molecule has 0 aliphatic heterocycles. The predicted octanol–water partition coefficient (Wildman–Crippen LogP) is 11.6. The summed E-state index contributed by atoms with van der Waals surface area (Å²) in [5.74, 6) is 0. The van der Waals surface area contributed by atoms with E-state index in [1.165, 1.54) is 0 Å². The van der Waals surface area contributed by atoms with Gasteiger partial charge in [0.25, 0.3) is 0 Å². The van der Waals surface area contributed by atoms with Crippen molar-refractivity contribution in [1.82, 2.24) is 4.98 Å². The highest BCUT2D eigenvalue weighted by Gasteiger charge is 2.47. The molecule has 1 aromatic heterocycles. The number of alkyl halides is 24. The summed E-state index contributed by atoms with van der Waals surface area (Å²) in [6.45, 7) is 0.513. The highest BCUT2D eigenvalue weighted by atomic mass is 19.4. The fourth-order valence-electron chi connectivity index (χ4n) is 6.85. The lowest BCUT2D eigenvalue weighted by Gasteiger charge is -2.46. The van der Waals surface area contributed by atoms with E-state index < -0.39 is 195 Å². The fraction of sp³-hybridized carbons (Fsp3) is 0.220. The summed E-state index contributed by atoms with van der Waals surface area (Å²) in [5.41, 5.74) is -30.1. The van der Waals surface area contributed by atoms with Gasteiger partial charge in [-0.15, -0.1) is 0 Å². The molecule has 0 spiro atoms. The van der Waals surface area contributed by atoms with Crippen LogP contribution in [0.2, 0.25) is 0 Å². The van der Waals surface area contributed by atoms with E-state index in [2.05, 4.69) is 4.98 Å². The van der Waals surface area contributed by atoms with Crippen molar-refractivity contribution in [1.29, 1.82) is 10.5 Å². The number of rotatable bonds is 6. The first-order valence-corrected chi connectivity index (χ1v) is 18.3. The fourth-order valence-corrected chi connectivity index (χ4v) is 6.85. The molecule has 0 radical (unpaired) electrons. The summed E-state index contributed by atoms with van der Waals surface area (Å²) in [6.07, 6.45) is -46.4. The van der Waals surface area contributed by atoms with Crippen LogP contribution in [-0.2, 0) is 56.0 Å². The zero-order valence-electron chi connectivity index (χ0n) is 33.5. The van der Waals surface area contributed by atoms with Gasteiger partial charge in [0, 0.05) is 6.08 Å². The molecule has 5 rings (SSSR count). The normalized spacial score (nSPS) is 13.2. The molecule has 4 nitrogen and oxygen atoms in total. The topological polar surface area (TPSA) is 64.3 Å². The summed E-state index contributed by atoms with van der Waals surface area (Å²) in [4.78, 5) is 3.84. The Morgan fingerprint density at radius 1 is 0.386 bits per heavy atom. The van der Waals surface area contributed by atoms with Crippen molar-refractivity contribution in [3.05, 3.63) is 154 Å². The molecule has 0 fully saturated rings. The maximum Gasteiger partial charge on any atom is 0.416 e. The van der Waals surface area contributed by atoms with E-state index in [0.717, 1.165) is 0 Å². The number of aromatic nitrogens is 2. The zero-order valence-corrected chi connectivity index (χ0v) is 33.5. The van der Waals surface area contributed by atoms with Gasteiger partial charge in [0.2, 0.25) is 0 Å². The van der Waals surface area contributed by atoms with Gasteiger partial charge in [0.1, 0.15) is 23.9 Å². The number of allylic oxidation sites excluding steroid dienone is 2. The second kappa shape index (κ2) is 19.1. The Bertz CT molecular complexity index is 2360. The Balaban J connectivity index is 0.000000707. The van der Waals surface area contributed by atoms with E-state index in [4.69, 9.17) is 10.5 Å². The van der Waals surface area contributed by atoms with Gasteiger partial charge in [0.05, 0.1) is 56.9 Å².